The van der Waals surface area contributed by atoms with Crippen molar-refractivity contribution in [2.45, 2.75) is 0 Å². The molecule has 0 radical (unpaired) electrons. The largest absolute Gasteiger partial charge is 0.493 e. The number of nitrogens with one attached hydrogen (secondary N) is 1. The van der Waals surface area contributed by atoms with Gasteiger partial charge in [-0.05, 0) is 24.3 Å². The second-order valence-corrected chi connectivity index (χ2v) is 5.86. The Morgan fingerprint density at radius 3 is 2.21 bits per heavy atom. The molecule has 1 heterocycles. The molecule has 3 rings (SSSR count). The SMILES string of the molecule is COc1cc(C(=O)N/N=C\c2cc(OC)c3c(c2)OCCO3)cc(OC)c1OC. The van der Waals surface area contributed by atoms with E-state index >= 15 is 0 Å². The van der Waals surface area contributed by atoms with E-state index in [0.717, 1.165) is 0 Å². The molecule has 0 aromatic heterocycles. The zero-order valence-corrected chi connectivity index (χ0v) is 16.6. The highest BCUT2D eigenvalue weighted by molar-refractivity contribution is 5.96. The lowest BCUT2D eigenvalue weighted by Crippen LogP contribution is -2.18. The van der Waals surface area contributed by atoms with Crippen molar-refractivity contribution in [2.75, 3.05) is 41.7 Å². The van der Waals surface area contributed by atoms with Gasteiger partial charge in [0, 0.05) is 11.1 Å². The molecule has 0 saturated carbocycles. The van der Waals surface area contributed by atoms with Crippen LogP contribution in [0.25, 0.3) is 0 Å². The van der Waals surface area contributed by atoms with E-state index in [0.29, 0.717) is 58.8 Å². The Balaban J connectivity index is 1.78. The number of methoxy groups -OCH3 is 4. The summed E-state index contributed by atoms with van der Waals surface area (Å²) in [6.45, 7) is 0.913. The first-order valence-corrected chi connectivity index (χ1v) is 8.72. The quantitative estimate of drug-likeness (QED) is 0.560. The molecular formula is C20H22N2O7. The average molecular weight is 402 g/mol. The number of hydrazone groups is 1. The molecule has 1 N–H and O–H groups in total. The summed E-state index contributed by atoms with van der Waals surface area (Å²) in [6.07, 6.45) is 1.48. The highest BCUT2D eigenvalue weighted by Gasteiger charge is 2.19. The summed E-state index contributed by atoms with van der Waals surface area (Å²) < 4.78 is 32.2. The molecule has 0 atom stereocenters. The third-order valence-electron chi connectivity index (χ3n) is 4.16. The van der Waals surface area contributed by atoms with Crippen LogP contribution >= 0.6 is 0 Å². The summed E-state index contributed by atoms with van der Waals surface area (Å²) in [6, 6.07) is 6.58. The van der Waals surface area contributed by atoms with E-state index in [2.05, 4.69) is 10.5 Å². The van der Waals surface area contributed by atoms with Gasteiger partial charge in [0.1, 0.15) is 13.2 Å². The van der Waals surface area contributed by atoms with Crippen LogP contribution in [-0.4, -0.2) is 53.8 Å². The topological polar surface area (TPSA) is 96.8 Å². The molecule has 154 valence electrons. The second-order valence-electron chi connectivity index (χ2n) is 5.86. The lowest BCUT2D eigenvalue weighted by molar-refractivity contribution is 0.0954. The molecule has 0 saturated heterocycles. The van der Waals surface area contributed by atoms with Crippen LogP contribution in [0.2, 0.25) is 0 Å². The van der Waals surface area contributed by atoms with Gasteiger partial charge in [-0.2, -0.15) is 5.10 Å². The molecule has 1 aliphatic rings. The lowest BCUT2D eigenvalue weighted by atomic mass is 10.1. The van der Waals surface area contributed by atoms with Crippen molar-refractivity contribution in [1.29, 1.82) is 0 Å². The molecule has 29 heavy (non-hydrogen) atoms. The third-order valence-corrected chi connectivity index (χ3v) is 4.16. The van der Waals surface area contributed by atoms with Gasteiger partial charge in [-0.1, -0.05) is 0 Å². The van der Waals surface area contributed by atoms with E-state index in [1.54, 1.807) is 31.4 Å². The van der Waals surface area contributed by atoms with Gasteiger partial charge in [-0.25, -0.2) is 5.43 Å². The molecule has 1 amide bonds. The van der Waals surface area contributed by atoms with Gasteiger partial charge in [0.15, 0.2) is 23.0 Å². The maximum Gasteiger partial charge on any atom is 0.271 e. The van der Waals surface area contributed by atoms with Crippen molar-refractivity contribution in [2.24, 2.45) is 5.10 Å². The standard InChI is InChI=1S/C20H22N2O7/c1-24-14-7-12(8-17-19(14)29-6-5-28-17)11-21-22-20(23)13-9-15(25-2)18(27-4)16(10-13)26-3/h7-11H,5-6H2,1-4H3,(H,22,23)/b21-11-. The molecular weight excluding hydrogens is 380 g/mol. The fraction of sp³-hybridized carbons (Fsp3) is 0.300. The average Bonchev–Trinajstić information content (AvgIpc) is 2.77. The number of rotatable bonds is 7. The number of carbonyl (C=O) groups excluding carboxylic acids is 1. The summed E-state index contributed by atoms with van der Waals surface area (Å²) in [5, 5.41) is 4.01. The number of hydrogen-bond acceptors (Lipinski definition) is 8. The Labute approximate surface area is 168 Å². The van der Waals surface area contributed by atoms with Gasteiger partial charge >= 0.3 is 0 Å². The molecule has 0 fully saturated rings. The van der Waals surface area contributed by atoms with Gasteiger partial charge in [0.05, 0.1) is 34.7 Å². The van der Waals surface area contributed by atoms with E-state index in [1.165, 1.54) is 27.5 Å². The Bertz CT molecular complexity index is 885. The van der Waals surface area contributed by atoms with Crippen LogP contribution in [0.3, 0.4) is 0 Å². The van der Waals surface area contributed by atoms with Crippen LogP contribution in [0.1, 0.15) is 15.9 Å². The minimum Gasteiger partial charge on any atom is -0.493 e. The summed E-state index contributed by atoms with van der Waals surface area (Å²) in [7, 11) is 5.99. The van der Waals surface area contributed by atoms with Crippen LogP contribution in [0.15, 0.2) is 29.4 Å². The van der Waals surface area contributed by atoms with Crippen molar-refractivity contribution in [3.05, 3.63) is 35.4 Å². The molecule has 1 aliphatic heterocycles. The molecule has 2 aromatic rings. The molecule has 0 bridgehead atoms. The number of hydrogen-bond donors (Lipinski definition) is 1. The third kappa shape index (κ3) is 4.29. The smallest absolute Gasteiger partial charge is 0.271 e. The maximum atomic E-state index is 12.5. The summed E-state index contributed by atoms with van der Waals surface area (Å²) in [5.41, 5.74) is 3.45. The zero-order chi connectivity index (χ0) is 20.8. The maximum absolute atomic E-state index is 12.5. The first-order valence-electron chi connectivity index (χ1n) is 8.72. The highest BCUT2D eigenvalue weighted by Crippen LogP contribution is 2.40. The first kappa shape index (κ1) is 20.1. The van der Waals surface area contributed by atoms with Crippen LogP contribution in [0.5, 0.6) is 34.5 Å². The minimum absolute atomic E-state index is 0.302. The van der Waals surface area contributed by atoms with E-state index in [9.17, 15) is 4.79 Å². The molecule has 9 heteroatoms. The monoisotopic (exact) mass is 402 g/mol. The van der Waals surface area contributed by atoms with Gasteiger partial charge < -0.3 is 28.4 Å². The predicted molar refractivity (Wildman–Crippen MR) is 105 cm³/mol. The summed E-state index contributed by atoms with van der Waals surface area (Å²) in [4.78, 5) is 12.5. The molecule has 0 spiro atoms. The first-order chi connectivity index (χ1) is 14.1. The molecule has 2 aromatic carbocycles. The minimum atomic E-state index is -0.440. The molecule has 9 nitrogen and oxygen atoms in total. The van der Waals surface area contributed by atoms with Crippen molar-refractivity contribution in [3.63, 3.8) is 0 Å². The van der Waals surface area contributed by atoms with Crippen molar-refractivity contribution in [3.8, 4) is 34.5 Å². The summed E-state index contributed by atoms with van der Waals surface area (Å²) in [5.74, 6) is 2.35. The van der Waals surface area contributed by atoms with Gasteiger partial charge in [0.25, 0.3) is 5.91 Å². The van der Waals surface area contributed by atoms with Crippen LogP contribution < -0.4 is 33.8 Å². The Hall–Kier alpha value is -3.62. The molecule has 0 aliphatic carbocycles. The highest BCUT2D eigenvalue weighted by atomic mass is 16.6. The Kier molecular flexibility index (Phi) is 6.28. The van der Waals surface area contributed by atoms with E-state index in [1.807, 2.05) is 0 Å². The Morgan fingerprint density at radius 1 is 0.931 bits per heavy atom. The van der Waals surface area contributed by atoms with Crippen molar-refractivity contribution >= 4 is 12.1 Å². The van der Waals surface area contributed by atoms with E-state index < -0.39 is 5.91 Å². The van der Waals surface area contributed by atoms with Crippen LogP contribution in [-0.2, 0) is 0 Å². The van der Waals surface area contributed by atoms with Crippen molar-refractivity contribution < 1.29 is 33.2 Å². The number of amides is 1. The summed E-state index contributed by atoms with van der Waals surface area (Å²) >= 11 is 0. The fourth-order valence-electron chi connectivity index (χ4n) is 2.81. The van der Waals surface area contributed by atoms with Gasteiger partial charge in [0.2, 0.25) is 11.5 Å². The van der Waals surface area contributed by atoms with E-state index in [-0.39, 0.29) is 0 Å². The zero-order valence-electron chi connectivity index (χ0n) is 16.6. The lowest BCUT2D eigenvalue weighted by Gasteiger charge is -2.20. The van der Waals surface area contributed by atoms with Crippen molar-refractivity contribution in [1.82, 2.24) is 5.43 Å². The predicted octanol–water partition coefficient (Wildman–Crippen LogP) is 2.26. The van der Waals surface area contributed by atoms with Crippen LogP contribution in [0.4, 0.5) is 0 Å². The number of fused-ring (bicyclic) bond motifs is 1. The van der Waals surface area contributed by atoms with Gasteiger partial charge in [-0.3, -0.25) is 4.79 Å². The Morgan fingerprint density at radius 2 is 1.59 bits per heavy atom. The van der Waals surface area contributed by atoms with Crippen LogP contribution in [0, 0.1) is 0 Å². The second kappa shape index (κ2) is 9.05. The number of ether oxygens (including phenoxy) is 6. The fourth-order valence-corrected chi connectivity index (χ4v) is 2.81. The normalized spacial score (nSPS) is 12.4. The number of benzene rings is 2. The number of carbonyl (C=O) groups is 1. The van der Waals surface area contributed by atoms with E-state index in [4.69, 9.17) is 28.4 Å². The molecule has 0 unspecified atom stereocenters. The van der Waals surface area contributed by atoms with Gasteiger partial charge in [-0.15, -0.1) is 0 Å². The number of nitrogens with zero attached hydrogens (tertiary/aromatic N) is 1.